The van der Waals surface area contributed by atoms with Crippen molar-refractivity contribution in [3.05, 3.63) is 40.9 Å². The maximum atomic E-state index is 7.16. The molecular formula is C14H14ClN3O. The molecule has 0 aliphatic carbocycles. The number of hydrogen-bond donors (Lipinski definition) is 2. The number of hydrogen-bond acceptors (Lipinski definition) is 4. The summed E-state index contributed by atoms with van der Waals surface area (Å²) < 4.78 is 5.20. The highest BCUT2D eigenvalue weighted by Gasteiger charge is 2.10. The van der Waals surface area contributed by atoms with Gasteiger partial charge in [0.05, 0.1) is 12.8 Å². The second kappa shape index (κ2) is 5.28. The minimum Gasteiger partial charge on any atom is -0.497 e. The van der Waals surface area contributed by atoms with Crippen molar-refractivity contribution in [3.63, 3.8) is 0 Å². The Labute approximate surface area is 116 Å². The molecule has 3 N–H and O–H groups in total. The van der Waals surface area contributed by atoms with Crippen LogP contribution in [0.1, 0.15) is 5.56 Å². The first-order valence-electron chi connectivity index (χ1n) is 5.68. The molecule has 0 amide bonds. The second-order valence-corrected chi connectivity index (χ2v) is 4.59. The number of nitrogens with two attached hydrogens (primary N) is 1. The summed E-state index contributed by atoms with van der Waals surface area (Å²) in [6.45, 7) is 1.88. The van der Waals surface area contributed by atoms with Gasteiger partial charge in [-0.1, -0.05) is 11.6 Å². The summed E-state index contributed by atoms with van der Waals surface area (Å²) >= 11 is 6.21. The van der Waals surface area contributed by atoms with Crippen molar-refractivity contribution in [2.45, 2.75) is 6.92 Å². The SMILES string of the molecule is COc1ccc(Cl)c(-c2cc(C)c(N)c(N=N)c2)c1. The van der Waals surface area contributed by atoms with Gasteiger partial charge in [-0.05, 0) is 48.4 Å². The summed E-state index contributed by atoms with van der Waals surface area (Å²) in [4.78, 5) is 0. The Kier molecular flexibility index (Phi) is 3.71. The van der Waals surface area contributed by atoms with E-state index in [0.717, 1.165) is 22.4 Å². The number of aryl methyl sites for hydroxylation is 1. The molecule has 4 nitrogen and oxygen atoms in total. The lowest BCUT2D eigenvalue weighted by atomic mass is 10.0. The highest BCUT2D eigenvalue weighted by molar-refractivity contribution is 6.33. The van der Waals surface area contributed by atoms with E-state index < -0.39 is 0 Å². The van der Waals surface area contributed by atoms with E-state index in [9.17, 15) is 0 Å². The third-order valence-corrected chi connectivity index (χ3v) is 3.30. The van der Waals surface area contributed by atoms with Crippen molar-refractivity contribution >= 4 is 23.0 Å². The highest BCUT2D eigenvalue weighted by atomic mass is 35.5. The van der Waals surface area contributed by atoms with Crippen LogP contribution >= 0.6 is 11.6 Å². The van der Waals surface area contributed by atoms with Gasteiger partial charge in [0.1, 0.15) is 11.4 Å². The molecule has 0 saturated carbocycles. The number of nitrogen functional groups attached to an aromatic ring is 1. The topological polar surface area (TPSA) is 71.5 Å². The normalized spacial score (nSPS) is 10.3. The van der Waals surface area contributed by atoms with Crippen LogP contribution < -0.4 is 10.5 Å². The number of anilines is 1. The number of nitrogens with one attached hydrogen (secondary N) is 1. The highest BCUT2D eigenvalue weighted by Crippen LogP contribution is 2.36. The van der Waals surface area contributed by atoms with Crippen LogP contribution in [-0.2, 0) is 0 Å². The van der Waals surface area contributed by atoms with Crippen LogP contribution in [0.15, 0.2) is 35.4 Å². The van der Waals surface area contributed by atoms with E-state index in [-0.39, 0.29) is 0 Å². The first-order chi connectivity index (χ1) is 9.06. The maximum Gasteiger partial charge on any atom is 0.119 e. The van der Waals surface area contributed by atoms with Crippen LogP contribution in [0.4, 0.5) is 11.4 Å². The summed E-state index contributed by atoms with van der Waals surface area (Å²) in [5.74, 6) is 0.721. The van der Waals surface area contributed by atoms with E-state index in [4.69, 9.17) is 27.6 Å². The number of methoxy groups -OCH3 is 1. The Bertz CT molecular complexity index is 641. The van der Waals surface area contributed by atoms with E-state index in [1.54, 1.807) is 25.3 Å². The summed E-state index contributed by atoms with van der Waals surface area (Å²) in [5.41, 5.74) is 16.5. The van der Waals surface area contributed by atoms with Gasteiger partial charge in [0.15, 0.2) is 0 Å². The average Bonchev–Trinajstić information content (AvgIpc) is 2.42. The Hall–Kier alpha value is -2.07. The van der Waals surface area contributed by atoms with Gasteiger partial charge in [-0.2, -0.15) is 5.11 Å². The van der Waals surface area contributed by atoms with Crippen LogP contribution in [0.25, 0.3) is 11.1 Å². The molecule has 0 aliphatic heterocycles. The molecule has 5 heteroatoms. The Morgan fingerprint density at radius 2 is 2.00 bits per heavy atom. The fourth-order valence-electron chi connectivity index (χ4n) is 1.88. The van der Waals surface area contributed by atoms with Crippen LogP contribution in [0.5, 0.6) is 5.75 Å². The summed E-state index contributed by atoms with van der Waals surface area (Å²) in [7, 11) is 1.60. The lowest BCUT2D eigenvalue weighted by Gasteiger charge is -2.11. The molecule has 2 aromatic rings. The van der Waals surface area contributed by atoms with Gasteiger partial charge in [-0.15, -0.1) is 0 Å². The fraction of sp³-hybridized carbons (Fsp3) is 0.143. The smallest absolute Gasteiger partial charge is 0.119 e. The Balaban J connectivity index is 2.65. The minimum atomic E-state index is 0.439. The monoisotopic (exact) mass is 275 g/mol. The summed E-state index contributed by atoms with van der Waals surface area (Å²) in [6.07, 6.45) is 0. The van der Waals surface area contributed by atoms with Crippen LogP contribution in [0.3, 0.4) is 0 Å². The molecule has 0 radical (unpaired) electrons. The molecule has 19 heavy (non-hydrogen) atoms. The molecule has 2 aromatic carbocycles. The van der Waals surface area contributed by atoms with Crippen molar-refractivity contribution in [1.29, 1.82) is 5.53 Å². The molecular weight excluding hydrogens is 262 g/mol. The zero-order chi connectivity index (χ0) is 14.0. The first kappa shape index (κ1) is 13.4. The van der Waals surface area contributed by atoms with E-state index in [1.807, 2.05) is 19.1 Å². The van der Waals surface area contributed by atoms with Crippen molar-refractivity contribution in [1.82, 2.24) is 0 Å². The predicted molar refractivity (Wildman–Crippen MR) is 77.4 cm³/mol. The largest absolute Gasteiger partial charge is 0.497 e. The zero-order valence-electron chi connectivity index (χ0n) is 10.7. The molecule has 0 bridgehead atoms. The van der Waals surface area contributed by atoms with Gasteiger partial charge in [0.25, 0.3) is 0 Å². The van der Waals surface area contributed by atoms with Crippen LogP contribution in [-0.4, -0.2) is 7.11 Å². The molecule has 0 saturated heterocycles. The Morgan fingerprint density at radius 3 is 2.63 bits per heavy atom. The minimum absolute atomic E-state index is 0.439. The van der Waals surface area contributed by atoms with Gasteiger partial charge in [0, 0.05) is 10.6 Å². The van der Waals surface area contributed by atoms with Gasteiger partial charge in [-0.25, -0.2) is 5.53 Å². The third kappa shape index (κ3) is 2.53. The lowest BCUT2D eigenvalue weighted by Crippen LogP contribution is -1.92. The second-order valence-electron chi connectivity index (χ2n) is 4.18. The molecule has 0 unspecified atom stereocenters. The van der Waals surface area contributed by atoms with Crippen LogP contribution in [0.2, 0.25) is 5.02 Å². The van der Waals surface area contributed by atoms with Gasteiger partial charge in [0.2, 0.25) is 0 Å². The first-order valence-corrected chi connectivity index (χ1v) is 6.06. The summed E-state index contributed by atoms with van der Waals surface area (Å²) in [5, 5.41) is 4.05. The fourth-order valence-corrected chi connectivity index (χ4v) is 2.11. The van der Waals surface area contributed by atoms with Gasteiger partial charge < -0.3 is 10.5 Å². The van der Waals surface area contributed by atoms with E-state index >= 15 is 0 Å². The number of halogens is 1. The van der Waals surface area contributed by atoms with Crippen molar-refractivity contribution in [2.24, 2.45) is 5.11 Å². The van der Waals surface area contributed by atoms with E-state index in [1.165, 1.54) is 0 Å². The van der Waals surface area contributed by atoms with Gasteiger partial charge in [-0.3, -0.25) is 0 Å². The standard InChI is InChI=1S/C14H14ClN3O/c1-8-5-9(6-13(18-17)14(8)16)11-7-10(19-2)3-4-12(11)15/h3-7,17H,16H2,1-2H3. The molecule has 98 valence electrons. The maximum absolute atomic E-state index is 7.16. The molecule has 0 aliphatic rings. The number of nitrogens with zero attached hydrogens (tertiary/aromatic N) is 1. The molecule has 2 rings (SSSR count). The Morgan fingerprint density at radius 1 is 1.26 bits per heavy atom. The zero-order valence-corrected chi connectivity index (χ0v) is 11.5. The quantitative estimate of drug-likeness (QED) is 0.636. The lowest BCUT2D eigenvalue weighted by molar-refractivity contribution is 0.415. The van der Waals surface area contributed by atoms with E-state index in [0.29, 0.717) is 16.4 Å². The van der Waals surface area contributed by atoms with Crippen molar-refractivity contribution in [2.75, 3.05) is 12.8 Å². The third-order valence-electron chi connectivity index (χ3n) is 2.97. The number of ether oxygens (including phenoxy) is 1. The summed E-state index contributed by atoms with van der Waals surface area (Å²) in [6, 6.07) is 9.09. The molecule has 0 heterocycles. The molecule has 0 spiro atoms. The van der Waals surface area contributed by atoms with Crippen molar-refractivity contribution < 1.29 is 4.74 Å². The van der Waals surface area contributed by atoms with Gasteiger partial charge >= 0.3 is 0 Å². The number of rotatable bonds is 3. The van der Waals surface area contributed by atoms with Crippen molar-refractivity contribution in [3.8, 4) is 16.9 Å². The number of benzene rings is 2. The van der Waals surface area contributed by atoms with E-state index in [2.05, 4.69) is 5.11 Å². The van der Waals surface area contributed by atoms with Crippen LogP contribution in [0, 0.1) is 12.5 Å². The predicted octanol–water partition coefficient (Wildman–Crippen LogP) is 4.57. The molecule has 0 fully saturated rings. The molecule has 0 aromatic heterocycles. The molecule has 0 atom stereocenters. The average molecular weight is 276 g/mol.